The first-order valence-corrected chi connectivity index (χ1v) is 16.0. The standard InChI is InChI=1S/C32H36Cl2F5N5O3/c1-30(2,3)28(47)40-15-16-5-10-21(33)26(25(16)34)42-29-41-22-11-20(27(45)46)23(12-24(22)43(29)4)44(19-13-31(35,36)14-19)18-8-6-17(7-9-18)32(37,38)39/h5,10-12,17-19H,6-9,13-15H2,1-4H3,(H,40,47)(H,41,42)(H,45,46). The molecule has 0 bridgehead atoms. The van der Waals surface area contributed by atoms with E-state index in [0.29, 0.717) is 16.8 Å². The molecule has 256 valence electrons. The second kappa shape index (κ2) is 12.6. The lowest BCUT2D eigenvalue weighted by Crippen LogP contribution is -2.56. The van der Waals surface area contributed by atoms with E-state index in [9.17, 15) is 36.6 Å². The molecular formula is C32H36Cl2F5N5O3. The van der Waals surface area contributed by atoms with Crippen molar-refractivity contribution in [3.05, 3.63) is 45.4 Å². The minimum absolute atomic E-state index is 0.0884. The number of amides is 1. The first-order valence-electron chi connectivity index (χ1n) is 15.3. The van der Waals surface area contributed by atoms with E-state index in [1.807, 2.05) is 0 Å². The normalized spacial score (nSPS) is 20.1. The summed E-state index contributed by atoms with van der Waals surface area (Å²) in [4.78, 5) is 31.1. The molecule has 2 aliphatic carbocycles. The Bertz CT molecular complexity index is 1690. The summed E-state index contributed by atoms with van der Waals surface area (Å²) in [5.41, 5.74) is 0.959. The maximum absolute atomic E-state index is 14.1. The van der Waals surface area contributed by atoms with Crippen molar-refractivity contribution in [2.45, 2.75) is 90.0 Å². The van der Waals surface area contributed by atoms with Gasteiger partial charge in [0.25, 0.3) is 5.92 Å². The summed E-state index contributed by atoms with van der Waals surface area (Å²) in [6, 6.07) is 4.89. The largest absolute Gasteiger partial charge is 0.478 e. The molecule has 3 aromatic rings. The van der Waals surface area contributed by atoms with Crippen molar-refractivity contribution in [1.29, 1.82) is 0 Å². The van der Waals surface area contributed by atoms with E-state index >= 15 is 0 Å². The topological polar surface area (TPSA) is 99.5 Å². The van der Waals surface area contributed by atoms with Gasteiger partial charge in [0.15, 0.2) is 0 Å². The highest BCUT2D eigenvalue weighted by molar-refractivity contribution is 6.39. The van der Waals surface area contributed by atoms with E-state index < -0.39 is 54.3 Å². The highest BCUT2D eigenvalue weighted by atomic mass is 35.5. The number of aromatic carboxylic acids is 1. The SMILES string of the molecule is Cn1c(Nc2c(Cl)ccc(CNC(=O)C(C)(C)C)c2Cl)nc2cc(C(=O)O)c(N(C3CCC(C(F)(F)F)CC3)C3CC(F)(F)C3)cc21. The number of carbonyl (C=O) groups is 2. The molecule has 1 heterocycles. The van der Waals surface area contributed by atoms with Gasteiger partial charge in [-0.05, 0) is 49.4 Å². The van der Waals surface area contributed by atoms with Crippen LogP contribution in [-0.4, -0.2) is 50.7 Å². The molecule has 1 aromatic heterocycles. The Hall–Kier alpha value is -3.32. The average Bonchev–Trinajstić information content (AvgIpc) is 3.26. The molecule has 0 spiro atoms. The van der Waals surface area contributed by atoms with Crippen LogP contribution in [-0.2, 0) is 18.4 Å². The number of hydrogen-bond acceptors (Lipinski definition) is 5. The van der Waals surface area contributed by atoms with Gasteiger partial charge in [-0.25, -0.2) is 18.6 Å². The smallest absolute Gasteiger partial charge is 0.391 e. The Morgan fingerprint density at radius 3 is 2.26 bits per heavy atom. The van der Waals surface area contributed by atoms with E-state index in [2.05, 4.69) is 15.6 Å². The minimum Gasteiger partial charge on any atom is -0.478 e. The van der Waals surface area contributed by atoms with Gasteiger partial charge in [0.2, 0.25) is 11.9 Å². The average molecular weight is 705 g/mol. The third-order valence-electron chi connectivity index (χ3n) is 9.05. The summed E-state index contributed by atoms with van der Waals surface area (Å²) >= 11 is 13.2. The molecule has 0 radical (unpaired) electrons. The quantitative estimate of drug-likeness (QED) is 0.203. The van der Waals surface area contributed by atoms with Gasteiger partial charge in [0, 0.05) is 43.9 Å². The van der Waals surface area contributed by atoms with Crippen molar-refractivity contribution in [3.63, 3.8) is 0 Å². The number of fused-ring (bicyclic) bond motifs is 1. The van der Waals surface area contributed by atoms with Crippen LogP contribution in [0.4, 0.5) is 39.3 Å². The molecule has 15 heteroatoms. The Kier molecular flexibility index (Phi) is 9.39. The lowest BCUT2D eigenvalue weighted by molar-refractivity contribution is -0.182. The molecule has 0 unspecified atom stereocenters. The van der Waals surface area contributed by atoms with Crippen molar-refractivity contribution < 1.29 is 36.6 Å². The van der Waals surface area contributed by atoms with E-state index in [0.717, 1.165) is 0 Å². The molecule has 0 atom stereocenters. The van der Waals surface area contributed by atoms with Crippen molar-refractivity contribution in [1.82, 2.24) is 14.9 Å². The fourth-order valence-electron chi connectivity index (χ4n) is 6.32. The summed E-state index contributed by atoms with van der Waals surface area (Å²) < 4.78 is 70.1. The van der Waals surface area contributed by atoms with Gasteiger partial charge in [0.05, 0.1) is 43.9 Å². The number of aromatic nitrogens is 2. The molecule has 2 saturated carbocycles. The number of rotatable bonds is 8. The van der Waals surface area contributed by atoms with Crippen molar-refractivity contribution in [3.8, 4) is 0 Å². The van der Waals surface area contributed by atoms with E-state index in [1.54, 1.807) is 55.5 Å². The predicted octanol–water partition coefficient (Wildman–Crippen LogP) is 8.71. The van der Waals surface area contributed by atoms with Crippen molar-refractivity contribution in [2.75, 3.05) is 10.2 Å². The summed E-state index contributed by atoms with van der Waals surface area (Å²) in [5, 5.41) is 16.6. The molecule has 2 fully saturated rings. The molecule has 2 aromatic carbocycles. The number of halogens is 7. The second-order valence-corrected chi connectivity index (χ2v) is 14.3. The van der Waals surface area contributed by atoms with Gasteiger partial charge in [-0.2, -0.15) is 13.2 Å². The molecule has 0 saturated heterocycles. The number of carbonyl (C=O) groups excluding carboxylic acids is 1. The van der Waals surface area contributed by atoms with Gasteiger partial charge in [-0.1, -0.05) is 50.0 Å². The molecule has 8 nitrogen and oxygen atoms in total. The Balaban J connectivity index is 1.50. The van der Waals surface area contributed by atoms with Gasteiger partial charge in [0.1, 0.15) is 0 Å². The zero-order valence-corrected chi connectivity index (χ0v) is 27.8. The molecule has 5 rings (SSSR count). The number of nitrogens with zero attached hydrogens (tertiary/aromatic N) is 3. The van der Waals surface area contributed by atoms with E-state index in [4.69, 9.17) is 23.2 Å². The highest BCUT2D eigenvalue weighted by Gasteiger charge is 2.51. The molecular weight excluding hydrogens is 668 g/mol. The lowest BCUT2D eigenvalue weighted by Gasteiger charge is -2.49. The number of nitrogens with one attached hydrogen (secondary N) is 2. The molecule has 1 amide bonds. The third-order valence-corrected chi connectivity index (χ3v) is 9.80. The van der Waals surface area contributed by atoms with Crippen LogP contribution >= 0.6 is 23.2 Å². The first kappa shape index (κ1) is 35.0. The number of anilines is 3. The van der Waals surface area contributed by atoms with E-state index in [1.165, 1.54) is 6.07 Å². The van der Waals surface area contributed by atoms with Crippen molar-refractivity contribution >= 4 is 63.4 Å². The number of hydrogen-bond donors (Lipinski definition) is 3. The van der Waals surface area contributed by atoms with Gasteiger partial charge < -0.3 is 25.2 Å². The summed E-state index contributed by atoms with van der Waals surface area (Å²) in [6.45, 7) is 5.48. The maximum atomic E-state index is 14.1. The predicted molar refractivity (Wildman–Crippen MR) is 171 cm³/mol. The summed E-state index contributed by atoms with van der Waals surface area (Å²) in [7, 11) is 1.66. The monoisotopic (exact) mass is 703 g/mol. The molecule has 2 aliphatic rings. The van der Waals surface area contributed by atoms with Crippen LogP contribution < -0.4 is 15.5 Å². The zero-order valence-electron chi connectivity index (χ0n) is 26.2. The number of imidazole rings is 1. The Morgan fingerprint density at radius 2 is 1.70 bits per heavy atom. The van der Waals surface area contributed by atoms with Crippen LogP contribution in [0.2, 0.25) is 10.0 Å². The fraction of sp³-hybridized carbons (Fsp3) is 0.531. The number of benzene rings is 2. The fourth-order valence-corrected chi connectivity index (χ4v) is 6.85. The Morgan fingerprint density at radius 1 is 1.06 bits per heavy atom. The van der Waals surface area contributed by atoms with Crippen LogP contribution in [0.25, 0.3) is 11.0 Å². The zero-order chi connectivity index (χ0) is 34.6. The van der Waals surface area contributed by atoms with E-state index in [-0.39, 0.29) is 70.9 Å². The van der Waals surface area contributed by atoms with Crippen LogP contribution in [0.1, 0.15) is 75.2 Å². The number of carboxylic acid groups (broad SMARTS) is 1. The first-order chi connectivity index (χ1) is 21.8. The van der Waals surface area contributed by atoms with Gasteiger partial charge >= 0.3 is 12.1 Å². The van der Waals surface area contributed by atoms with Crippen LogP contribution in [0.15, 0.2) is 24.3 Å². The number of alkyl halides is 5. The molecule has 0 aliphatic heterocycles. The molecule has 47 heavy (non-hydrogen) atoms. The summed E-state index contributed by atoms with van der Waals surface area (Å²) in [5.74, 6) is -5.68. The van der Waals surface area contributed by atoms with Crippen molar-refractivity contribution in [2.24, 2.45) is 18.4 Å². The maximum Gasteiger partial charge on any atom is 0.391 e. The molecule has 3 N–H and O–H groups in total. The third kappa shape index (κ3) is 7.25. The van der Waals surface area contributed by atoms with Gasteiger partial charge in [-0.15, -0.1) is 0 Å². The van der Waals surface area contributed by atoms with Crippen LogP contribution in [0.5, 0.6) is 0 Å². The minimum atomic E-state index is -4.35. The summed E-state index contributed by atoms with van der Waals surface area (Å²) in [6.07, 6.45) is -5.56. The number of aryl methyl sites for hydroxylation is 1. The lowest BCUT2D eigenvalue weighted by atomic mass is 9.80. The Labute approximate surface area is 278 Å². The van der Waals surface area contributed by atoms with Gasteiger partial charge in [-0.3, -0.25) is 4.79 Å². The second-order valence-electron chi connectivity index (χ2n) is 13.5. The van der Waals surface area contributed by atoms with Crippen LogP contribution in [0, 0.1) is 11.3 Å². The highest BCUT2D eigenvalue weighted by Crippen LogP contribution is 2.48. The van der Waals surface area contributed by atoms with Crippen LogP contribution in [0.3, 0.4) is 0 Å². The number of carboxylic acids is 1.